The highest BCUT2D eigenvalue weighted by Crippen LogP contribution is 2.01. The summed E-state index contributed by atoms with van der Waals surface area (Å²) < 4.78 is 0. The summed E-state index contributed by atoms with van der Waals surface area (Å²) in [6.45, 7) is 13.0. The van der Waals surface area contributed by atoms with Crippen molar-refractivity contribution < 1.29 is 0 Å². The third kappa shape index (κ3) is 10.4. The van der Waals surface area contributed by atoms with E-state index in [9.17, 15) is 0 Å². The van der Waals surface area contributed by atoms with Crippen LogP contribution in [0, 0.1) is 0 Å². The summed E-state index contributed by atoms with van der Waals surface area (Å²) in [7, 11) is 0.0708. The third-order valence-corrected chi connectivity index (χ3v) is 4.72. The summed E-state index contributed by atoms with van der Waals surface area (Å²) in [5, 5.41) is 0. The van der Waals surface area contributed by atoms with Crippen molar-refractivity contribution in [1.82, 2.24) is 4.90 Å². The van der Waals surface area contributed by atoms with Gasteiger partial charge in [0.05, 0.1) is 0 Å². The number of allylic oxidation sites excluding steroid dienone is 1. The molecule has 0 N–H and O–H groups in total. The molecule has 0 aliphatic heterocycles. The molecule has 0 radical (unpaired) electrons. The fourth-order valence-electron chi connectivity index (χ4n) is 1.80. The molecule has 0 spiro atoms. The van der Waals surface area contributed by atoms with Crippen LogP contribution in [-0.4, -0.2) is 34.1 Å². The summed E-state index contributed by atoms with van der Waals surface area (Å²) >= 11 is 0. The minimum Gasteiger partial charge on any atom is -0.304 e. The van der Waals surface area contributed by atoms with E-state index < -0.39 is 0 Å². The first-order chi connectivity index (χ1) is 7.70. The molecule has 0 aromatic heterocycles. The molecule has 0 aromatic rings. The standard InChI is InChI=1S/C14H31NSi/c1-5-7-9-15(10-8-6-2)11-12-16-13-14(3)4/h13H,5-12,16H2,1-4H3. The maximum Gasteiger partial charge on any atom is 0.0465 e. The van der Waals surface area contributed by atoms with Gasteiger partial charge in [0.1, 0.15) is 0 Å². The zero-order valence-corrected chi connectivity index (χ0v) is 13.3. The predicted octanol–water partition coefficient (Wildman–Crippen LogP) is 3.40. The molecule has 0 aromatic carbocycles. The summed E-state index contributed by atoms with van der Waals surface area (Å²) in [5.74, 6) is 0. The Balaban J connectivity index is 3.68. The molecule has 2 heteroatoms. The summed E-state index contributed by atoms with van der Waals surface area (Å²) in [6.07, 6.45) is 5.39. The van der Waals surface area contributed by atoms with Gasteiger partial charge >= 0.3 is 0 Å². The topological polar surface area (TPSA) is 3.24 Å². The molecule has 0 atom stereocenters. The molecule has 0 saturated carbocycles. The second kappa shape index (κ2) is 11.4. The van der Waals surface area contributed by atoms with Crippen LogP contribution in [0.5, 0.6) is 0 Å². The monoisotopic (exact) mass is 241 g/mol. The van der Waals surface area contributed by atoms with Crippen molar-refractivity contribution in [3.05, 3.63) is 11.3 Å². The van der Waals surface area contributed by atoms with Gasteiger partial charge in [0, 0.05) is 9.52 Å². The molecule has 1 nitrogen and oxygen atoms in total. The van der Waals surface area contributed by atoms with Crippen LogP contribution in [0.4, 0.5) is 0 Å². The van der Waals surface area contributed by atoms with Gasteiger partial charge in [0.15, 0.2) is 0 Å². The van der Waals surface area contributed by atoms with E-state index in [1.165, 1.54) is 56.9 Å². The van der Waals surface area contributed by atoms with E-state index in [1.54, 1.807) is 0 Å². The molecule has 0 aliphatic rings. The lowest BCUT2D eigenvalue weighted by molar-refractivity contribution is 0.279. The minimum absolute atomic E-state index is 0.0708. The first-order valence-electron chi connectivity index (χ1n) is 7.06. The Labute approximate surface area is 105 Å². The van der Waals surface area contributed by atoms with Crippen LogP contribution in [0.3, 0.4) is 0 Å². The molecule has 0 bridgehead atoms. The van der Waals surface area contributed by atoms with Crippen LogP contribution in [0.15, 0.2) is 11.3 Å². The average Bonchev–Trinajstić information content (AvgIpc) is 2.26. The highest BCUT2D eigenvalue weighted by atomic mass is 28.2. The number of unbranched alkanes of at least 4 members (excludes halogenated alkanes) is 2. The fraction of sp³-hybridized carbons (Fsp3) is 0.857. The fourth-order valence-corrected chi connectivity index (χ4v) is 3.22. The summed E-state index contributed by atoms with van der Waals surface area (Å²) in [4.78, 5) is 2.68. The molecule has 0 fully saturated rings. The average molecular weight is 241 g/mol. The molecule has 0 unspecified atom stereocenters. The maximum absolute atomic E-state index is 2.68. The van der Waals surface area contributed by atoms with Crippen LogP contribution < -0.4 is 0 Å². The lowest BCUT2D eigenvalue weighted by atomic mass is 10.2. The number of nitrogens with zero attached hydrogens (tertiary/aromatic N) is 1. The highest BCUT2D eigenvalue weighted by Gasteiger charge is 2.02. The zero-order valence-electron chi connectivity index (χ0n) is 11.9. The van der Waals surface area contributed by atoms with Gasteiger partial charge in [-0.3, -0.25) is 0 Å². The van der Waals surface area contributed by atoms with Crippen LogP contribution >= 0.6 is 0 Å². The quantitative estimate of drug-likeness (QED) is 0.418. The first kappa shape index (κ1) is 15.9. The molecule has 0 saturated heterocycles. The largest absolute Gasteiger partial charge is 0.304 e. The van der Waals surface area contributed by atoms with Crippen molar-refractivity contribution in [1.29, 1.82) is 0 Å². The van der Waals surface area contributed by atoms with Crippen molar-refractivity contribution in [2.24, 2.45) is 0 Å². The van der Waals surface area contributed by atoms with Gasteiger partial charge in [-0.2, -0.15) is 0 Å². The number of rotatable bonds is 10. The van der Waals surface area contributed by atoms with E-state index in [0.717, 1.165) is 0 Å². The number of hydrogen-bond donors (Lipinski definition) is 0. The van der Waals surface area contributed by atoms with Crippen LogP contribution in [0.2, 0.25) is 6.04 Å². The van der Waals surface area contributed by atoms with E-state index in [4.69, 9.17) is 0 Å². The molecule has 0 rings (SSSR count). The number of hydrogen-bond acceptors (Lipinski definition) is 1. The molecule has 0 amide bonds. The normalized spacial score (nSPS) is 11.6. The van der Waals surface area contributed by atoms with Gasteiger partial charge in [0.25, 0.3) is 0 Å². The van der Waals surface area contributed by atoms with E-state index in [1.807, 2.05) is 0 Å². The van der Waals surface area contributed by atoms with Gasteiger partial charge in [-0.15, -0.1) is 5.70 Å². The summed E-state index contributed by atoms with van der Waals surface area (Å²) in [5.41, 5.74) is 4.01. The molecular formula is C14H31NSi. The molecule has 96 valence electrons. The van der Waals surface area contributed by atoms with Crippen LogP contribution in [-0.2, 0) is 0 Å². The Morgan fingerprint density at radius 1 is 1.00 bits per heavy atom. The van der Waals surface area contributed by atoms with Crippen LogP contribution in [0.1, 0.15) is 53.4 Å². The van der Waals surface area contributed by atoms with E-state index >= 15 is 0 Å². The maximum atomic E-state index is 2.68. The van der Waals surface area contributed by atoms with Crippen molar-refractivity contribution in [3.63, 3.8) is 0 Å². The smallest absolute Gasteiger partial charge is 0.0465 e. The molecule has 0 heterocycles. The minimum atomic E-state index is 0.0708. The summed E-state index contributed by atoms with van der Waals surface area (Å²) in [6, 6.07) is 1.46. The van der Waals surface area contributed by atoms with E-state index in [2.05, 4.69) is 38.3 Å². The molecular weight excluding hydrogens is 210 g/mol. The van der Waals surface area contributed by atoms with Gasteiger partial charge in [0.2, 0.25) is 0 Å². The van der Waals surface area contributed by atoms with Crippen molar-refractivity contribution in [2.75, 3.05) is 19.6 Å². The van der Waals surface area contributed by atoms with E-state index in [0.29, 0.717) is 0 Å². The molecule has 16 heavy (non-hydrogen) atoms. The zero-order chi connectivity index (χ0) is 12.2. The van der Waals surface area contributed by atoms with Gasteiger partial charge < -0.3 is 4.90 Å². The SMILES string of the molecule is CCCCN(CCCC)CC[SiH2]C=C(C)C. The van der Waals surface area contributed by atoms with E-state index in [-0.39, 0.29) is 9.52 Å². The van der Waals surface area contributed by atoms with Gasteiger partial charge in [-0.05, 0) is 52.4 Å². The lowest BCUT2D eigenvalue weighted by Crippen LogP contribution is -2.27. The lowest BCUT2D eigenvalue weighted by Gasteiger charge is -2.21. The highest BCUT2D eigenvalue weighted by molar-refractivity contribution is 6.42. The van der Waals surface area contributed by atoms with Gasteiger partial charge in [-0.1, -0.05) is 32.3 Å². The third-order valence-electron chi connectivity index (χ3n) is 2.89. The first-order valence-corrected chi connectivity index (χ1v) is 8.88. The predicted molar refractivity (Wildman–Crippen MR) is 79.0 cm³/mol. The second-order valence-electron chi connectivity index (χ2n) is 4.97. The Kier molecular flexibility index (Phi) is 11.3. The van der Waals surface area contributed by atoms with Crippen molar-refractivity contribution in [2.45, 2.75) is 59.4 Å². The van der Waals surface area contributed by atoms with Crippen LogP contribution in [0.25, 0.3) is 0 Å². The Morgan fingerprint density at radius 3 is 2.00 bits per heavy atom. The Morgan fingerprint density at radius 2 is 1.56 bits per heavy atom. The van der Waals surface area contributed by atoms with Gasteiger partial charge in [-0.25, -0.2) is 0 Å². The van der Waals surface area contributed by atoms with Crippen molar-refractivity contribution in [3.8, 4) is 0 Å². The van der Waals surface area contributed by atoms with Crippen molar-refractivity contribution >= 4 is 9.52 Å². The molecule has 0 aliphatic carbocycles. The Bertz CT molecular complexity index is 166. The second-order valence-corrected chi connectivity index (χ2v) is 6.67. The Hall–Kier alpha value is -0.0831.